The summed E-state index contributed by atoms with van der Waals surface area (Å²) in [5, 5.41) is 12.8. The molecular formula is C13H26N2O2. The van der Waals surface area contributed by atoms with E-state index in [4.69, 9.17) is 0 Å². The third kappa shape index (κ3) is 3.42. The van der Waals surface area contributed by atoms with Gasteiger partial charge in [-0.1, -0.05) is 26.7 Å². The number of carboxylic acids is 1. The van der Waals surface area contributed by atoms with Crippen LogP contribution in [0, 0.1) is 5.92 Å². The summed E-state index contributed by atoms with van der Waals surface area (Å²) in [5.41, 5.74) is -0.688. The zero-order valence-electron chi connectivity index (χ0n) is 11.3. The van der Waals surface area contributed by atoms with Gasteiger partial charge in [-0.05, 0) is 32.4 Å². The van der Waals surface area contributed by atoms with Gasteiger partial charge in [-0.25, -0.2) is 0 Å². The molecule has 4 heteroatoms. The van der Waals surface area contributed by atoms with Crippen LogP contribution in [0.2, 0.25) is 0 Å². The lowest BCUT2D eigenvalue weighted by Gasteiger charge is -2.40. The summed E-state index contributed by atoms with van der Waals surface area (Å²) in [6.07, 6.45) is 3.96. The Kier molecular flexibility index (Phi) is 5.40. The summed E-state index contributed by atoms with van der Waals surface area (Å²) in [6, 6.07) is 0. The van der Waals surface area contributed by atoms with Crippen molar-refractivity contribution >= 4 is 5.97 Å². The van der Waals surface area contributed by atoms with E-state index in [1.165, 1.54) is 0 Å². The summed E-state index contributed by atoms with van der Waals surface area (Å²) in [7, 11) is 2.05. The Hall–Kier alpha value is -0.610. The van der Waals surface area contributed by atoms with Gasteiger partial charge in [-0.2, -0.15) is 0 Å². The van der Waals surface area contributed by atoms with Gasteiger partial charge in [0.05, 0.1) is 0 Å². The molecule has 2 N–H and O–H groups in total. The molecule has 4 nitrogen and oxygen atoms in total. The number of aliphatic carboxylic acids is 1. The molecule has 0 saturated heterocycles. The maximum absolute atomic E-state index is 11.6. The van der Waals surface area contributed by atoms with Crippen molar-refractivity contribution in [3.8, 4) is 0 Å². The van der Waals surface area contributed by atoms with Gasteiger partial charge >= 0.3 is 5.97 Å². The second kappa shape index (κ2) is 6.36. The molecule has 17 heavy (non-hydrogen) atoms. The van der Waals surface area contributed by atoms with Crippen molar-refractivity contribution in [2.45, 2.75) is 45.1 Å². The zero-order valence-corrected chi connectivity index (χ0v) is 11.3. The SMILES string of the molecule is CCN(C)CCNC1(C(=O)O)CCCCC1C. The molecule has 2 atom stereocenters. The predicted molar refractivity (Wildman–Crippen MR) is 69.2 cm³/mol. The molecule has 0 radical (unpaired) electrons. The standard InChI is InChI=1S/C13H26N2O2/c1-4-15(3)10-9-14-13(12(16)17)8-6-5-7-11(13)2/h11,14H,4-10H2,1-3H3,(H,16,17). The molecule has 2 unspecified atom stereocenters. The van der Waals surface area contributed by atoms with Crippen molar-refractivity contribution in [1.82, 2.24) is 10.2 Å². The number of nitrogens with zero attached hydrogens (tertiary/aromatic N) is 1. The fourth-order valence-electron chi connectivity index (χ4n) is 2.63. The van der Waals surface area contributed by atoms with E-state index in [-0.39, 0.29) is 5.92 Å². The van der Waals surface area contributed by atoms with Crippen LogP contribution in [0.15, 0.2) is 0 Å². The van der Waals surface area contributed by atoms with Crippen molar-refractivity contribution in [2.24, 2.45) is 5.92 Å². The lowest BCUT2D eigenvalue weighted by atomic mass is 9.73. The summed E-state index contributed by atoms with van der Waals surface area (Å²) < 4.78 is 0. The van der Waals surface area contributed by atoms with Crippen molar-refractivity contribution in [2.75, 3.05) is 26.7 Å². The van der Waals surface area contributed by atoms with Crippen LogP contribution in [-0.4, -0.2) is 48.2 Å². The fourth-order valence-corrected chi connectivity index (χ4v) is 2.63. The van der Waals surface area contributed by atoms with Gasteiger partial charge in [0.15, 0.2) is 0 Å². The van der Waals surface area contributed by atoms with Gasteiger partial charge in [0.25, 0.3) is 0 Å². The van der Waals surface area contributed by atoms with Crippen LogP contribution in [0.1, 0.15) is 39.5 Å². The molecule has 0 aromatic carbocycles. The third-order valence-corrected chi connectivity index (χ3v) is 4.15. The molecule has 1 saturated carbocycles. The number of nitrogens with one attached hydrogen (secondary N) is 1. The van der Waals surface area contributed by atoms with Crippen molar-refractivity contribution in [1.29, 1.82) is 0 Å². The van der Waals surface area contributed by atoms with Crippen LogP contribution in [0.3, 0.4) is 0 Å². The Labute approximate surface area is 104 Å². The molecule has 0 heterocycles. The zero-order chi connectivity index (χ0) is 12.9. The van der Waals surface area contributed by atoms with Gasteiger partial charge in [0, 0.05) is 13.1 Å². The molecule has 0 spiro atoms. The molecule has 0 amide bonds. The second-order valence-corrected chi connectivity index (χ2v) is 5.25. The molecule has 0 aromatic heterocycles. The van der Waals surface area contributed by atoms with E-state index in [9.17, 15) is 9.90 Å². The number of carboxylic acid groups (broad SMARTS) is 1. The molecular weight excluding hydrogens is 216 g/mol. The van der Waals surface area contributed by atoms with Crippen LogP contribution < -0.4 is 5.32 Å². The van der Waals surface area contributed by atoms with Crippen molar-refractivity contribution in [3.63, 3.8) is 0 Å². The Morgan fingerprint density at radius 3 is 2.76 bits per heavy atom. The van der Waals surface area contributed by atoms with E-state index >= 15 is 0 Å². The Morgan fingerprint density at radius 2 is 2.24 bits per heavy atom. The fraction of sp³-hybridized carbons (Fsp3) is 0.923. The van der Waals surface area contributed by atoms with E-state index < -0.39 is 11.5 Å². The summed E-state index contributed by atoms with van der Waals surface area (Å²) in [4.78, 5) is 13.7. The van der Waals surface area contributed by atoms with E-state index in [1.54, 1.807) is 0 Å². The Bertz CT molecular complexity index is 258. The summed E-state index contributed by atoms with van der Waals surface area (Å²) in [6.45, 7) is 6.82. The second-order valence-electron chi connectivity index (χ2n) is 5.25. The Morgan fingerprint density at radius 1 is 1.53 bits per heavy atom. The smallest absolute Gasteiger partial charge is 0.324 e. The molecule has 1 aliphatic rings. The van der Waals surface area contributed by atoms with Crippen LogP contribution in [0.25, 0.3) is 0 Å². The van der Waals surface area contributed by atoms with E-state index in [0.717, 1.165) is 45.3 Å². The molecule has 0 aromatic rings. The number of rotatable bonds is 6. The average Bonchev–Trinajstić information content (AvgIpc) is 2.31. The number of likely N-dealkylation sites (N-methyl/N-ethyl adjacent to an activating group) is 1. The normalized spacial score (nSPS) is 29.5. The average molecular weight is 242 g/mol. The van der Waals surface area contributed by atoms with Crippen molar-refractivity contribution < 1.29 is 9.90 Å². The molecule has 1 aliphatic carbocycles. The summed E-state index contributed by atoms with van der Waals surface area (Å²) >= 11 is 0. The molecule has 0 aliphatic heterocycles. The van der Waals surface area contributed by atoms with Gasteiger partial charge < -0.3 is 15.3 Å². The monoisotopic (exact) mass is 242 g/mol. The maximum atomic E-state index is 11.6. The van der Waals surface area contributed by atoms with Gasteiger partial charge in [0.2, 0.25) is 0 Å². The van der Waals surface area contributed by atoms with E-state index in [1.807, 2.05) is 0 Å². The first-order valence-corrected chi connectivity index (χ1v) is 6.70. The number of carbonyl (C=O) groups is 1. The Balaban J connectivity index is 2.56. The quantitative estimate of drug-likeness (QED) is 0.742. The van der Waals surface area contributed by atoms with E-state index in [0.29, 0.717) is 0 Å². The highest BCUT2D eigenvalue weighted by Gasteiger charge is 2.44. The molecule has 1 fully saturated rings. The predicted octanol–water partition coefficient (Wildman–Crippen LogP) is 1.56. The van der Waals surface area contributed by atoms with Crippen LogP contribution in [0.4, 0.5) is 0 Å². The minimum Gasteiger partial charge on any atom is -0.480 e. The maximum Gasteiger partial charge on any atom is 0.324 e. The minimum absolute atomic E-state index is 0.223. The first-order valence-electron chi connectivity index (χ1n) is 6.70. The van der Waals surface area contributed by atoms with E-state index in [2.05, 4.69) is 31.1 Å². The molecule has 0 bridgehead atoms. The van der Waals surface area contributed by atoms with Crippen LogP contribution in [0.5, 0.6) is 0 Å². The topological polar surface area (TPSA) is 52.6 Å². The number of hydrogen-bond donors (Lipinski definition) is 2. The highest BCUT2D eigenvalue weighted by atomic mass is 16.4. The minimum atomic E-state index is -0.688. The lowest BCUT2D eigenvalue weighted by Crippen LogP contribution is -2.59. The summed E-state index contributed by atoms with van der Waals surface area (Å²) in [5.74, 6) is -0.454. The first-order chi connectivity index (χ1) is 8.03. The van der Waals surface area contributed by atoms with Crippen LogP contribution in [-0.2, 0) is 4.79 Å². The highest BCUT2D eigenvalue weighted by molar-refractivity contribution is 5.79. The third-order valence-electron chi connectivity index (χ3n) is 4.15. The molecule has 1 rings (SSSR count). The molecule has 100 valence electrons. The van der Waals surface area contributed by atoms with Gasteiger partial charge in [-0.3, -0.25) is 4.79 Å². The van der Waals surface area contributed by atoms with Gasteiger partial charge in [0.1, 0.15) is 5.54 Å². The van der Waals surface area contributed by atoms with Crippen LogP contribution >= 0.6 is 0 Å². The highest BCUT2D eigenvalue weighted by Crippen LogP contribution is 2.33. The first kappa shape index (κ1) is 14.5. The number of hydrogen-bond acceptors (Lipinski definition) is 3. The van der Waals surface area contributed by atoms with Gasteiger partial charge in [-0.15, -0.1) is 0 Å². The largest absolute Gasteiger partial charge is 0.480 e. The van der Waals surface area contributed by atoms with Crippen molar-refractivity contribution in [3.05, 3.63) is 0 Å². The lowest BCUT2D eigenvalue weighted by molar-refractivity contribution is -0.149.